The molecule has 24 heavy (non-hydrogen) atoms. The first-order valence-corrected chi connectivity index (χ1v) is 8.10. The van der Waals surface area contributed by atoms with Gasteiger partial charge in [0.1, 0.15) is 5.75 Å². The number of hydrogen-bond donors (Lipinski definition) is 3. The maximum atomic E-state index is 12.5. The summed E-state index contributed by atoms with van der Waals surface area (Å²) in [6, 6.07) is 5.66. The molecule has 6 nitrogen and oxygen atoms in total. The molecule has 2 rings (SSSR count). The van der Waals surface area contributed by atoms with Crippen LogP contribution < -0.4 is 10.1 Å². The molecule has 0 radical (unpaired) electrons. The Bertz CT molecular complexity index is 732. The Hall–Kier alpha value is -2.50. The normalized spacial score (nSPS) is 11.5. The van der Waals surface area contributed by atoms with Crippen molar-refractivity contribution in [2.75, 3.05) is 7.11 Å². The summed E-state index contributed by atoms with van der Waals surface area (Å²) in [5.41, 5.74) is 1.02. The smallest absolute Gasteiger partial charge is 0.305 e. The highest BCUT2D eigenvalue weighted by atomic mass is 16.5. The molecule has 0 aliphatic heterocycles. The van der Waals surface area contributed by atoms with E-state index in [0.717, 1.165) is 16.5 Å². The van der Waals surface area contributed by atoms with Crippen molar-refractivity contribution in [3.63, 3.8) is 0 Å². The average molecular weight is 332 g/mol. The number of aliphatic carboxylic acids is 1. The van der Waals surface area contributed by atoms with Crippen LogP contribution in [0.5, 0.6) is 5.75 Å². The Morgan fingerprint density at radius 3 is 2.58 bits per heavy atom. The number of rotatable bonds is 8. The summed E-state index contributed by atoms with van der Waals surface area (Å²) in [5.74, 6) is -0.390. The first kappa shape index (κ1) is 17.8. The monoisotopic (exact) mass is 332 g/mol. The van der Waals surface area contributed by atoms with Gasteiger partial charge in [0.2, 0.25) is 5.91 Å². The van der Waals surface area contributed by atoms with E-state index >= 15 is 0 Å². The number of benzene rings is 1. The number of carbonyl (C=O) groups excluding carboxylic acids is 1. The Balaban J connectivity index is 2.22. The number of aromatic amines is 1. The van der Waals surface area contributed by atoms with Gasteiger partial charge in [-0.2, -0.15) is 0 Å². The quantitative estimate of drug-likeness (QED) is 0.693. The zero-order valence-electron chi connectivity index (χ0n) is 14.3. The number of carboxylic acids is 1. The first-order chi connectivity index (χ1) is 11.4. The molecule has 0 saturated carbocycles. The van der Waals surface area contributed by atoms with E-state index in [1.54, 1.807) is 13.3 Å². The van der Waals surface area contributed by atoms with Crippen LogP contribution in [0, 0.1) is 0 Å². The Morgan fingerprint density at radius 1 is 1.29 bits per heavy atom. The lowest BCUT2D eigenvalue weighted by Crippen LogP contribution is -2.49. The summed E-state index contributed by atoms with van der Waals surface area (Å²) in [4.78, 5) is 26.8. The number of carboxylic acid groups (broad SMARTS) is 1. The van der Waals surface area contributed by atoms with Crippen LogP contribution in [0.3, 0.4) is 0 Å². The van der Waals surface area contributed by atoms with Crippen LogP contribution in [0.1, 0.15) is 38.7 Å². The molecule has 0 saturated heterocycles. The van der Waals surface area contributed by atoms with Crippen LogP contribution in [0.25, 0.3) is 10.9 Å². The van der Waals surface area contributed by atoms with Gasteiger partial charge in [0.25, 0.3) is 0 Å². The van der Waals surface area contributed by atoms with Crippen molar-refractivity contribution in [1.29, 1.82) is 0 Å². The molecule has 0 aliphatic rings. The molecular weight excluding hydrogens is 308 g/mol. The largest absolute Gasteiger partial charge is 0.496 e. The summed E-state index contributed by atoms with van der Waals surface area (Å²) >= 11 is 0. The third-order valence-electron chi connectivity index (χ3n) is 4.57. The van der Waals surface area contributed by atoms with Gasteiger partial charge in [0, 0.05) is 22.6 Å². The van der Waals surface area contributed by atoms with Gasteiger partial charge in [-0.05, 0) is 30.5 Å². The zero-order chi connectivity index (χ0) is 17.7. The van der Waals surface area contributed by atoms with Crippen molar-refractivity contribution in [3.8, 4) is 5.75 Å². The van der Waals surface area contributed by atoms with Gasteiger partial charge < -0.3 is 20.1 Å². The number of ether oxygens (including phenoxy) is 1. The number of fused-ring (bicyclic) bond motifs is 1. The van der Waals surface area contributed by atoms with Crippen molar-refractivity contribution >= 4 is 22.8 Å². The van der Waals surface area contributed by atoms with E-state index in [9.17, 15) is 9.59 Å². The summed E-state index contributed by atoms with van der Waals surface area (Å²) in [7, 11) is 1.59. The van der Waals surface area contributed by atoms with Gasteiger partial charge in [0.05, 0.1) is 20.0 Å². The molecule has 130 valence electrons. The van der Waals surface area contributed by atoms with Crippen LogP contribution in [0.2, 0.25) is 0 Å². The van der Waals surface area contributed by atoms with Crippen molar-refractivity contribution in [3.05, 3.63) is 30.0 Å². The van der Waals surface area contributed by atoms with Crippen LogP contribution in [0.4, 0.5) is 0 Å². The lowest BCUT2D eigenvalue weighted by atomic mass is 9.88. The molecule has 0 atom stereocenters. The minimum absolute atomic E-state index is 0.0804. The van der Waals surface area contributed by atoms with Crippen molar-refractivity contribution in [2.24, 2.45) is 0 Å². The number of carbonyl (C=O) groups is 2. The standard InChI is InChI=1S/C18H24N2O4/c1-4-18(5-2,10-16(22)23)20-15(21)9-12-11-19-13-7-6-8-14(24-3)17(12)13/h6-8,11,19H,4-5,9-10H2,1-3H3,(H,20,21)(H,22,23). The fourth-order valence-corrected chi connectivity index (χ4v) is 3.05. The van der Waals surface area contributed by atoms with Crippen LogP contribution in [-0.2, 0) is 16.0 Å². The molecule has 1 aromatic carbocycles. The van der Waals surface area contributed by atoms with Crippen LogP contribution >= 0.6 is 0 Å². The molecule has 0 fully saturated rings. The summed E-state index contributed by atoms with van der Waals surface area (Å²) in [5, 5.41) is 12.9. The molecule has 1 aromatic heterocycles. The summed E-state index contributed by atoms with van der Waals surface area (Å²) < 4.78 is 5.37. The highest BCUT2D eigenvalue weighted by Gasteiger charge is 2.31. The molecule has 0 unspecified atom stereocenters. The number of hydrogen-bond acceptors (Lipinski definition) is 3. The second-order valence-electron chi connectivity index (χ2n) is 5.98. The molecule has 6 heteroatoms. The van der Waals surface area contributed by atoms with E-state index in [1.165, 1.54) is 0 Å². The Morgan fingerprint density at radius 2 is 2.00 bits per heavy atom. The zero-order valence-corrected chi connectivity index (χ0v) is 14.3. The van der Waals surface area contributed by atoms with Gasteiger partial charge in [-0.1, -0.05) is 19.9 Å². The Kier molecular flexibility index (Phi) is 5.49. The molecule has 1 heterocycles. The average Bonchev–Trinajstić information content (AvgIpc) is 2.96. The van der Waals surface area contributed by atoms with Crippen LogP contribution in [-0.4, -0.2) is 34.6 Å². The number of H-pyrrole nitrogens is 1. The van der Waals surface area contributed by atoms with E-state index in [0.29, 0.717) is 18.6 Å². The van der Waals surface area contributed by atoms with Gasteiger partial charge in [-0.15, -0.1) is 0 Å². The fourth-order valence-electron chi connectivity index (χ4n) is 3.05. The second kappa shape index (κ2) is 7.38. The van der Waals surface area contributed by atoms with Gasteiger partial charge in [-0.25, -0.2) is 0 Å². The molecular formula is C18H24N2O4. The molecule has 0 bridgehead atoms. The fraction of sp³-hybridized carbons (Fsp3) is 0.444. The highest BCUT2D eigenvalue weighted by Crippen LogP contribution is 2.29. The SMILES string of the molecule is CCC(CC)(CC(=O)O)NC(=O)Cc1c[nH]c2cccc(OC)c12. The van der Waals surface area contributed by atoms with Crippen molar-refractivity contribution < 1.29 is 19.4 Å². The number of nitrogens with one attached hydrogen (secondary N) is 2. The maximum absolute atomic E-state index is 12.5. The molecule has 1 amide bonds. The first-order valence-electron chi connectivity index (χ1n) is 8.10. The topological polar surface area (TPSA) is 91.4 Å². The molecule has 0 spiro atoms. The lowest BCUT2D eigenvalue weighted by Gasteiger charge is -2.31. The Labute approximate surface area is 141 Å². The highest BCUT2D eigenvalue weighted by molar-refractivity contribution is 5.93. The summed E-state index contributed by atoms with van der Waals surface area (Å²) in [6.45, 7) is 3.78. The molecule has 3 N–H and O–H groups in total. The second-order valence-corrected chi connectivity index (χ2v) is 5.98. The number of methoxy groups -OCH3 is 1. The predicted octanol–water partition coefficient (Wildman–Crippen LogP) is 2.87. The van der Waals surface area contributed by atoms with E-state index < -0.39 is 11.5 Å². The van der Waals surface area contributed by atoms with Gasteiger partial charge in [-0.3, -0.25) is 9.59 Å². The molecule has 0 aliphatic carbocycles. The lowest BCUT2D eigenvalue weighted by molar-refractivity contribution is -0.139. The van der Waals surface area contributed by atoms with E-state index in [1.807, 2.05) is 32.0 Å². The van der Waals surface area contributed by atoms with E-state index in [2.05, 4.69) is 10.3 Å². The molecule has 2 aromatic rings. The maximum Gasteiger partial charge on any atom is 0.305 e. The minimum atomic E-state index is -0.909. The van der Waals surface area contributed by atoms with E-state index in [-0.39, 0.29) is 18.7 Å². The number of amides is 1. The predicted molar refractivity (Wildman–Crippen MR) is 92.3 cm³/mol. The van der Waals surface area contributed by atoms with Crippen molar-refractivity contribution in [1.82, 2.24) is 10.3 Å². The number of aromatic nitrogens is 1. The van der Waals surface area contributed by atoms with Crippen LogP contribution in [0.15, 0.2) is 24.4 Å². The minimum Gasteiger partial charge on any atom is -0.496 e. The third-order valence-corrected chi connectivity index (χ3v) is 4.57. The third kappa shape index (κ3) is 3.69. The van der Waals surface area contributed by atoms with Gasteiger partial charge >= 0.3 is 5.97 Å². The van der Waals surface area contributed by atoms with Gasteiger partial charge in [0.15, 0.2) is 0 Å². The van der Waals surface area contributed by atoms with Crippen molar-refractivity contribution in [2.45, 2.75) is 45.1 Å². The summed E-state index contributed by atoms with van der Waals surface area (Å²) in [6.07, 6.45) is 3.02. The van der Waals surface area contributed by atoms with E-state index in [4.69, 9.17) is 9.84 Å².